The van der Waals surface area contributed by atoms with Gasteiger partial charge >= 0.3 is 5.97 Å². The first-order valence-corrected chi connectivity index (χ1v) is 8.48. The summed E-state index contributed by atoms with van der Waals surface area (Å²) in [5.41, 5.74) is 1.02. The molecule has 0 spiro atoms. The lowest BCUT2D eigenvalue weighted by Gasteiger charge is -2.03. The summed E-state index contributed by atoms with van der Waals surface area (Å²) in [6.45, 7) is 5.43. The Labute approximate surface area is 147 Å². The Morgan fingerprint density at radius 2 is 2.24 bits per heavy atom. The van der Waals surface area contributed by atoms with Crippen LogP contribution in [0.5, 0.6) is 0 Å². The molecular formula is C17H16N4O3S. The van der Waals surface area contributed by atoms with Gasteiger partial charge in [-0.25, -0.2) is 9.78 Å². The van der Waals surface area contributed by atoms with Crippen LogP contribution >= 0.6 is 11.3 Å². The lowest BCUT2D eigenvalue weighted by molar-refractivity contribution is 0.0531. The Balaban J connectivity index is 2.12. The molecule has 0 atom stereocenters. The monoisotopic (exact) mass is 356 g/mol. The topological polar surface area (TPSA) is 86.4 Å². The molecule has 0 aliphatic heterocycles. The minimum absolute atomic E-state index is 0.276. The maximum absolute atomic E-state index is 12.8. The number of aryl methyl sites for hydroxylation is 2. The van der Waals surface area contributed by atoms with E-state index in [1.54, 1.807) is 45.4 Å². The van der Waals surface area contributed by atoms with E-state index in [0.717, 1.165) is 16.9 Å². The van der Waals surface area contributed by atoms with E-state index in [1.807, 2.05) is 6.07 Å². The van der Waals surface area contributed by atoms with E-state index >= 15 is 0 Å². The molecule has 25 heavy (non-hydrogen) atoms. The highest BCUT2D eigenvalue weighted by atomic mass is 32.1. The van der Waals surface area contributed by atoms with Gasteiger partial charge in [0.2, 0.25) is 0 Å². The Morgan fingerprint density at radius 1 is 1.44 bits per heavy atom. The SMILES string of the molecule is CCOC(=O)c1sc2nc(C)n(/N=C/c3cccnc3)c(=O)c2c1C. The van der Waals surface area contributed by atoms with Crippen molar-refractivity contribution in [2.24, 2.45) is 5.10 Å². The molecule has 3 aromatic rings. The average molecular weight is 356 g/mol. The summed E-state index contributed by atoms with van der Waals surface area (Å²) in [5.74, 6) is -0.000219. The minimum atomic E-state index is -0.439. The maximum atomic E-state index is 12.8. The average Bonchev–Trinajstić information content (AvgIpc) is 2.92. The van der Waals surface area contributed by atoms with Crippen molar-refractivity contribution in [3.8, 4) is 0 Å². The molecule has 0 saturated heterocycles. The molecule has 0 unspecified atom stereocenters. The number of nitrogens with zero attached hydrogens (tertiary/aromatic N) is 4. The van der Waals surface area contributed by atoms with Crippen molar-refractivity contribution in [2.45, 2.75) is 20.8 Å². The molecule has 0 aliphatic rings. The fraction of sp³-hybridized carbons (Fsp3) is 0.235. The van der Waals surface area contributed by atoms with Crippen LogP contribution in [0.1, 0.15) is 33.5 Å². The van der Waals surface area contributed by atoms with Crippen molar-refractivity contribution in [2.75, 3.05) is 6.61 Å². The highest BCUT2D eigenvalue weighted by Gasteiger charge is 2.21. The van der Waals surface area contributed by atoms with Gasteiger partial charge in [-0.05, 0) is 32.4 Å². The third kappa shape index (κ3) is 3.20. The number of esters is 1. The van der Waals surface area contributed by atoms with E-state index in [9.17, 15) is 9.59 Å². The largest absolute Gasteiger partial charge is 0.462 e. The highest BCUT2D eigenvalue weighted by molar-refractivity contribution is 7.20. The summed E-state index contributed by atoms with van der Waals surface area (Å²) in [7, 11) is 0. The zero-order valence-corrected chi connectivity index (χ0v) is 14.8. The number of fused-ring (bicyclic) bond motifs is 1. The van der Waals surface area contributed by atoms with Crippen LogP contribution in [-0.4, -0.2) is 33.4 Å². The fourth-order valence-electron chi connectivity index (χ4n) is 2.38. The van der Waals surface area contributed by atoms with E-state index in [4.69, 9.17) is 4.74 Å². The summed E-state index contributed by atoms with van der Waals surface area (Å²) in [5, 5.41) is 4.61. The number of carbonyl (C=O) groups excluding carboxylic acids is 1. The predicted molar refractivity (Wildman–Crippen MR) is 96.5 cm³/mol. The van der Waals surface area contributed by atoms with Gasteiger partial charge in [-0.3, -0.25) is 9.78 Å². The fourth-order valence-corrected chi connectivity index (χ4v) is 3.49. The quantitative estimate of drug-likeness (QED) is 0.530. The van der Waals surface area contributed by atoms with Crippen LogP contribution in [0.15, 0.2) is 34.4 Å². The van der Waals surface area contributed by atoms with Gasteiger partial charge in [0, 0.05) is 18.0 Å². The van der Waals surface area contributed by atoms with E-state index in [-0.39, 0.29) is 12.2 Å². The molecule has 0 aliphatic carbocycles. The predicted octanol–water partition coefficient (Wildman–Crippen LogP) is 2.53. The highest BCUT2D eigenvalue weighted by Crippen LogP contribution is 2.28. The van der Waals surface area contributed by atoms with Crippen LogP contribution < -0.4 is 5.56 Å². The van der Waals surface area contributed by atoms with Crippen LogP contribution in [-0.2, 0) is 4.74 Å². The summed E-state index contributed by atoms with van der Waals surface area (Å²) in [6, 6.07) is 3.62. The smallest absolute Gasteiger partial charge is 0.348 e. The van der Waals surface area contributed by atoms with Gasteiger partial charge in [0.05, 0.1) is 18.2 Å². The van der Waals surface area contributed by atoms with E-state index in [0.29, 0.717) is 26.5 Å². The number of carbonyl (C=O) groups is 1. The summed E-state index contributed by atoms with van der Waals surface area (Å²) >= 11 is 1.16. The Morgan fingerprint density at radius 3 is 2.92 bits per heavy atom. The van der Waals surface area contributed by atoms with Crippen molar-refractivity contribution in [1.29, 1.82) is 0 Å². The van der Waals surface area contributed by atoms with Crippen LogP contribution in [0.3, 0.4) is 0 Å². The van der Waals surface area contributed by atoms with Crippen molar-refractivity contribution < 1.29 is 9.53 Å². The first-order chi connectivity index (χ1) is 12.0. The third-order valence-corrected chi connectivity index (χ3v) is 4.74. The van der Waals surface area contributed by atoms with Crippen LogP contribution in [0, 0.1) is 13.8 Å². The van der Waals surface area contributed by atoms with Gasteiger partial charge in [-0.15, -0.1) is 11.3 Å². The third-order valence-electron chi connectivity index (χ3n) is 3.57. The minimum Gasteiger partial charge on any atom is -0.462 e. The zero-order valence-electron chi connectivity index (χ0n) is 14.0. The second kappa shape index (κ2) is 6.94. The molecule has 8 heteroatoms. The molecule has 0 fully saturated rings. The van der Waals surface area contributed by atoms with E-state index in [1.165, 1.54) is 4.68 Å². The van der Waals surface area contributed by atoms with Gasteiger partial charge in [0.1, 0.15) is 15.5 Å². The molecule has 0 radical (unpaired) electrons. The summed E-state index contributed by atoms with van der Waals surface area (Å²) in [6.07, 6.45) is 4.85. The summed E-state index contributed by atoms with van der Waals surface area (Å²) < 4.78 is 6.27. The molecule has 0 bridgehead atoms. The van der Waals surface area contributed by atoms with Crippen molar-refractivity contribution in [1.82, 2.24) is 14.6 Å². The van der Waals surface area contributed by atoms with E-state index in [2.05, 4.69) is 15.1 Å². The van der Waals surface area contributed by atoms with Gasteiger partial charge in [0.15, 0.2) is 0 Å². The number of rotatable bonds is 4. The second-order valence-electron chi connectivity index (χ2n) is 5.26. The van der Waals surface area contributed by atoms with Crippen molar-refractivity contribution in [3.05, 3.63) is 56.7 Å². The number of ether oxygens (including phenoxy) is 1. The Bertz CT molecular complexity index is 1020. The van der Waals surface area contributed by atoms with Crippen LogP contribution in [0.4, 0.5) is 0 Å². The normalized spacial score (nSPS) is 11.3. The number of pyridine rings is 1. The van der Waals surface area contributed by atoms with Gasteiger partial charge in [-0.1, -0.05) is 6.07 Å². The summed E-state index contributed by atoms with van der Waals surface area (Å²) in [4.78, 5) is 34.2. The van der Waals surface area contributed by atoms with Gasteiger partial charge in [-0.2, -0.15) is 9.78 Å². The molecule has 0 N–H and O–H groups in total. The zero-order chi connectivity index (χ0) is 18.0. The Kier molecular flexibility index (Phi) is 4.71. The molecule has 7 nitrogen and oxygen atoms in total. The van der Waals surface area contributed by atoms with Crippen LogP contribution in [0.2, 0.25) is 0 Å². The number of hydrogen-bond donors (Lipinski definition) is 0. The molecule has 0 saturated carbocycles. The van der Waals surface area contributed by atoms with Crippen LogP contribution in [0.25, 0.3) is 10.2 Å². The van der Waals surface area contributed by atoms with Gasteiger partial charge < -0.3 is 4.74 Å². The lowest BCUT2D eigenvalue weighted by atomic mass is 10.2. The maximum Gasteiger partial charge on any atom is 0.348 e. The number of hydrogen-bond acceptors (Lipinski definition) is 7. The first-order valence-electron chi connectivity index (χ1n) is 7.67. The molecule has 0 amide bonds. The molecule has 3 rings (SSSR count). The van der Waals surface area contributed by atoms with Gasteiger partial charge in [0.25, 0.3) is 5.56 Å². The Hall–Kier alpha value is -2.87. The number of aromatic nitrogens is 3. The molecule has 0 aromatic carbocycles. The van der Waals surface area contributed by atoms with Crippen molar-refractivity contribution in [3.63, 3.8) is 0 Å². The molecule has 3 heterocycles. The molecular weight excluding hydrogens is 340 g/mol. The number of thiophene rings is 1. The first kappa shape index (κ1) is 17.0. The molecule has 3 aromatic heterocycles. The molecule has 128 valence electrons. The standard InChI is InChI=1S/C17H16N4O3S/c1-4-24-17(23)14-10(2)13-15(25-14)20-11(3)21(16(13)22)19-9-12-6-5-7-18-8-12/h5-9H,4H2,1-3H3/b19-9+. The van der Waals surface area contributed by atoms with Crippen molar-refractivity contribution >= 4 is 33.7 Å². The lowest BCUT2D eigenvalue weighted by Crippen LogP contribution is -2.20. The second-order valence-corrected chi connectivity index (χ2v) is 6.26. The van der Waals surface area contributed by atoms with E-state index < -0.39 is 5.97 Å².